The summed E-state index contributed by atoms with van der Waals surface area (Å²) in [4.78, 5) is 0. The molecule has 0 aliphatic rings. The predicted octanol–water partition coefficient (Wildman–Crippen LogP) is 4.18. The van der Waals surface area contributed by atoms with E-state index in [9.17, 15) is 13.2 Å². The largest absolute Gasteiger partial charge is 0.497 e. The van der Waals surface area contributed by atoms with Crippen LogP contribution in [0.2, 0.25) is 0 Å². The molecule has 1 unspecified atom stereocenters. The van der Waals surface area contributed by atoms with Gasteiger partial charge in [0.1, 0.15) is 23.2 Å². The Labute approximate surface area is 129 Å². The molecule has 2 rings (SSSR count). The Kier molecular flexibility index (Phi) is 4.90. The SMILES string of the molecule is CNC(c1ccc(Br)c(F)c1)c1c(F)cc(OC)cc1F. The number of halogens is 4. The lowest BCUT2D eigenvalue weighted by atomic mass is 9.97. The number of nitrogens with one attached hydrogen (secondary N) is 1. The van der Waals surface area contributed by atoms with Crippen molar-refractivity contribution in [3.63, 3.8) is 0 Å². The van der Waals surface area contributed by atoms with Crippen molar-refractivity contribution in [3.05, 3.63) is 63.4 Å². The third kappa shape index (κ3) is 3.22. The molecular formula is C15H13BrF3NO. The lowest BCUT2D eigenvalue weighted by Crippen LogP contribution is -2.20. The molecule has 0 saturated heterocycles. The van der Waals surface area contributed by atoms with E-state index in [-0.39, 0.29) is 15.8 Å². The van der Waals surface area contributed by atoms with Gasteiger partial charge in [0.2, 0.25) is 0 Å². The van der Waals surface area contributed by atoms with Crippen LogP contribution in [0.5, 0.6) is 5.75 Å². The summed E-state index contributed by atoms with van der Waals surface area (Å²) < 4.78 is 47.0. The molecule has 1 atom stereocenters. The minimum absolute atomic E-state index is 0.0885. The maximum Gasteiger partial charge on any atom is 0.137 e. The molecule has 0 aliphatic carbocycles. The van der Waals surface area contributed by atoms with E-state index in [1.54, 1.807) is 13.1 Å². The van der Waals surface area contributed by atoms with Crippen LogP contribution in [0.3, 0.4) is 0 Å². The van der Waals surface area contributed by atoms with E-state index in [1.165, 1.54) is 19.2 Å². The highest BCUT2D eigenvalue weighted by Crippen LogP contribution is 2.31. The molecule has 0 amide bonds. The molecule has 0 spiro atoms. The Bertz CT molecular complexity index is 640. The monoisotopic (exact) mass is 359 g/mol. The zero-order valence-electron chi connectivity index (χ0n) is 11.4. The molecule has 0 bridgehead atoms. The first-order chi connectivity index (χ1) is 9.97. The summed E-state index contributed by atoms with van der Waals surface area (Å²) >= 11 is 3.04. The van der Waals surface area contributed by atoms with Crippen LogP contribution in [0, 0.1) is 17.5 Å². The second-order valence-electron chi connectivity index (χ2n) is 4.40. The maximum atomic E-state index is 14.1. The number of methoxy groups -OCH3 is 1. The molecule has 2 aromatic carbocycles. The Morgan fingerprint density at radius 2 is 1.67 bits per heavy atom. The average Bonchev–Trinajstić information content (AvgIpc) is 2.45. The number of ether oxygens (including phenoxy) is 1. The van der Waals surface area contributed by atoms with Gasteiger partial charge in [-0.05, 0) is 40.7 Å². The van der Waals surface area contributed by atoms with Crippen molar-refractivity contribution in [3.8, 4) is 5.75 Å². The molecule has 112 valence electrons. The Morgan fingerprint density at radius 1 is 1.05 bits per heavy atom. The lowest BCUT2D eigenvalue weighted by molar-refractivity contribution is 0.403. The van der Waals surface area contributed by atoms with Crippen molar-refractivity contribution < 1.29 is 17.9 Å². The quantitative estimate of drug-likeness (QED) is 0.883. The minimum Gasteiger partial charge on any atom is -0.497 e. The third-order valence-corrected chi connectivity index (χ3v) is 3.79. The third-order valence-electron chi connectivity index (χ3n) is 3.14. The van der Waals surface area contributed by atoms with E-state index in [1.807, 2.05) is 0 Å². The summed E-state index contributed by atoms with van der Waals surface area (Å²) in [6.07, 6.45) is 0. The first-order valence-electron chi connectivity index (χ1n) is 6.13. The zero-order chi connectivity index (χ0) is 15.6. The molecule has 2 nitrogen and oxygen atoms in total. The predicted molar refractivity (Wildman–Crippen MR) is 77.9 cm³/mol. The molecule has 0 heterocycles. The van der Waals surface area contributed by atoms with Crippen molar-refractivity contribution >= 4 is 15.9 Å². The molecule has 6 heteroatoms. The smallest absolute Gasteiger partial charge is 0.137 e. The number of hydrogen-bond acceptors (Lipinski definition) is 2. The lowest BCUT2D eigenvalue weighted by Gasteiger charge is -2.19. The number of rotatable bonds is 4. The van der Waals surface area contributed by atoms with Crippen molar-refractivity contribution in [1.82, 2.24) is 5.32 Å². The van der Waals surface area contributed by atoms with Gasteiger partial charge in [-0.25, -0.2) is 13.2 Å². The normalized spacial score (nSPS) is 12.3. The van der Waals surface area contributed by atoms with Crippen LogP contribution in [0.4, 0.5) is 13.2 Å². The molecule has 0 saturated carbocycles. The van der Waals surface area contributed by atoms with Gasteiger partial charge in [-0.2, -0.15) is 0 Å². The highest BCUT2D eigenvalue weighted by molar-refractivity contribution is 9.10. The summed E-state index contributed by atoms with van der Waals surface area (Å²) in [5, 5.41) is 2.80. The fraction of sp³-hybridized carbons (Fsp3) is 0.200. The Hall–Kier alpha value is -1.53. The molecule has 0 radical (unpaired) electrons. The molecule has 0 aromatic heterocycles. The number of benzene rings is 2. The standard InChI is InChI=1S/C15H13BrF3NO/c1-20-15(8-3-4-10(16)11(17)5-8)14-12(18)6-9(21-2)7-13(14)19/h3-7,15,20H,1-2H3. The van der Waals surface area contributed by atoms with E-state index in [2.05, 4.69) is 21.2 Å². The second-order valence-corrected chi connectivity index (χ2v) is 5.25. The van der Waals surface area contributed by atoms with E-state index in [0.29, 0.717) is 5.56 Å². The molecule has 21 heavy (non-hydrogen) atoms. The zero-order valence-corrected chi connectivity index (χ0v) is 13.0. The fourth-order valence-corrected chi connectivity index (χ4v) is 2.37. The van der Waals surface area contributed by atoms with Gasteiger partial charge in [-0.3, -0.25) is 0 Å². The summed E-state index contributed by atoms with van der Waals surface area (Å²) in [5.41, 5.74) is 0.237. The van der Waals surface area contributed by atoms with E-state index in [4.69, 9.17) is 4.74 Å². The van der Waals surface area contributed by atoms with Crippen LogP contribution in [0.25, 0.3) is 0 Å². The molecule has 0 aliphatic heterocycles. The van der Waals surface area contributed by atoms with Crippen LogP contribution >= 0.6 is 15.9 Å². The van der Waals surface area contributed by atoms with Crippen molar-refractivity contribution in [1.29, 1.82) is 0 Å². The van der Waals surface area contributed by atoms with Crippen molar-refractivity contribution in [2.75, 3.05) is 14.2 Å². The van der Waals surface area contributed by atoms with Crippen LogP contribution in [-0.2, 0) is 0 Å². The molecule has 2 aromatic rings. The molecule has 1 N–H and O–H groups in total. The second kappa shape index (κ2) is 6.49. The molecule has 0 fully saturated rings. The fourth-order valence-electron chi connectivity index (χ4n) is 2.12. The van der Waals surface area contributed by atoms with Crippen LogP contribution in [-0.4, -0.2) is 14.2 Å². The van der Waals surface area contributed by atoms with Gasteiger partial charge in [0.05, 0.1) is 17.6 Å². The van der Waals surface area contributed by atoms with Crippen LogP contribution in [0.1, 0.15) is 17.2 Å². The molecular weight excluding hydrogens is 347 g/mol. The highest BCUT2D eigenvalue weighted by Gasteiger charge is 2.22. The van der Waals surface area contributed by atoms with Gasteiger partial charge < -0.3 is 10.1 Å². The average molecular weight is 360 g/mol. The maximum absolute atomic E-state index is 14.1. The van der Waals surface area contributed by atoms with Crippen LogP contribution in [0.15, 0.2) is 34.8 Å². The number of hydrogen-bond donors (Lipinski definition) is 1. The summed E-state index contributed by atoms with van der Waals surface area (Å²) in [6.45, 7) is 0. The van der Waals surface area contributed by atoms with Gasteiger partial charge in [-0.1, -0.05) is 6.07 Å². The van der Waals surface area contributed by atoms with Gasteiger partial charge >= 0.3 is 0 Å². The summed E-state index contributed by atoms with van der Waals surface area (Å²) in [5.74, 6) is -1.92. The van der Waals surface area contributed by atoms with Crippen molar-refractivity contribution in [2.24, 2.45) is 0 Å². The minimum atomic E-state index is -0.807. The van der Waals surface area contributed by atoms with Gasteiger partial charge in [0, 0.05) is 17.7 Å². The summed E-state index contributed by atoms with van der Waals surface area (Å²) in [6, 6.07) is 5.70. The summed E-state index contributed by atoms with van der Waals surface area (Å²) in [7, 11) is 2.88. The Morgan fingerprint density at radius 3 is 2.14 bits per heavy atom. The van der Waals surface area contributed by atoms with Gasteiger partial charge in [0.25, 0.3) is 0 Å². The first-order valence-corrected chi connectivity index (χ1v) is 6.92. The van der Waals surface area contributed by atoms with E-state index in [0.717, 1.165) is 12.1 Å². The first kappa shape index (κ1) is 15.9. The van der Waals surface area contributed by atoms with Gasteiger partial charge in [-0.15, -0.1) is 0 Å². The van der Waals surface area contributed by atoms with E-state index >= 15 is 0 Å². The Balaban J connectivity index is 2.53. The van der Waals surface area contributed by atoms with Crippen LogP contribution < -0.4 is 10.1 Å². The topological polar surface area (TPSA) is 21.3 Å². The van der Waals surface area contributed by atoms with Gasteiger partial charge in [0.15, 0.2) is 0 Å². The van der Waals surface area contributed by atoms with E-state index < -0.39 is 23.5 Å². The highest BCUT2D eigenvalue weighted by atomic mass is 79.9. The van der Waals surface area contributed by atoms with Crippen molar-refractivity contribution in [2.45, 2.75) is 6.04 Å².